The summed E-state index contributed by atoms with van der Waals surface area (Å²) in [5.74, 6) is 1.67. The maximum absolute atomic E-state index is 12.4. The molecule has 2 atom stereocenters. The Kier molecular flexibility index (Phi) is 6.00. The van der Waals surface area contributed by atoms with E-state index in [0.717, 1.165) is 36.4 Å². The van der Waals surface area contributed by atoms with Gasteiger partial charge >= 0.3 is 0 Å². The summed E-state index contributed by atoms with van der Waals surface area (Å²) in [6, 6.07) is 18.9. The maximum Gasteiger partial charge on any atom is 0.233 e. The zero-order valence-electron chi connectivity index (χ0n) is 15.5. The molecule has 2 unspecified atom stereocenters. The second-order valence-corrected chi connectivity index (χ2v) is 8.25. The van der Waals surface area contributed by atoms with E-state index in [-0.39, 0.29) is 11.3 Å². The molecule has 0 saturated carbocycles. The fourth-order valence-corrected chi connectivity index (χ4v) is 4.98. The zero-order valence-corrected chi connectivity index (χ0v) is 16.3. The topological polar surface area (TPSA) is 41.6 Å². The monoisotopic (exact) mass is 382 g/mol. The lowest BCUT2D eigenvalue weighted by Crippen LogP contribution is -2.33. The summed E-state index contributed by atoms with van der Waals surface area (Å²) in [7, 11) is 0. The molecule has 27 heavy (non-hydrogen) atoms. The van der Waals surface area contributed by atoms with Gasteiger partial charge in [-0.3, -0.25) is 4.79 Å². The number of thioether (sulfide) groups is 1. The minimum absolute atomic E-state index is 0.0965. The molecule has 142 valence electrons. The Morgan fingerprint density at radius 3 is 2.85 bits per heavy atom. The summed E-state index contributed by atoms with van der Waals surface area (Å²) < 4.78 is 5.97. The highest BCUT2D eigenvalue weighted by molar-refractivity contribution is 8.00. The Bertz CT molecular complexity index is 762. The number of ether oxygens (including phenoxy) is 1. The molecule has 0 aromatic heterocycles. The van der Waals surface area contributed by atoms with Crippen LogP contribution in [-0.4, -0.2) is 35.7 Å². The van der Waals surface area contributed by atoms with Crippen molar-refractivity contribution < 1.29 is 9.53 Å². The van der Waals surface area contributed by atoms with Crippen LogP contribution in [0.2, 0.25) is 0 Å². The summed E-state index contributed by atoms with van der Waals surface area (Å²) in [6.07, 6.45) is 3.51. The quantitative estimate of drug-likeness (QED) is 0.786. The summed E-state index contributed by atoms with van der Waals surface area (Å²) in [6.45, 7) is 2.49. The van der Waals surface area contributed by atoms with Gasteiger partial charge in [-0.1, -0.05) is 42.5 Å². The van der Waals surface area contributed by atoms with E-state index < -0.39 is 0 Å². The van der Waals surface area contributed by atoms with Crippen molar-refractivity contribution in [1.29, 1.82) is 0 Å². The molecule has 2 aliphatic rings. The highest BCUT2D eigenvalue weighted by atomic mass is 32.2. The van der Waals surface area contributed by atoms with Gasteiger partial charge in [-0.25, -0.2) is 0 Å². The standard InChI is InChI=1S/C22H26N2O2S/c25-21-16-27-22(24(21)13-11-19-9-5-12-23-19)18-8-4-10-20(14-18)26-15-17-6-2-1-3-7-17/h1-4,6-8,10,14,19,22-23H,5,9,11-13,15-16H2. The second-order valence-electron chi connectivity index (χ2n) is 7.18. The molecule has 4 nitrogen and oxygen atoms in total. The Hall–Kier alpha value is -1.98. The van der Waals surface area contributed by atoms with E-state index in [1.807, 2.05) is 35.2 Å². The first kappa shape index (κ1) is 18.4. The number of carbonyl (C=O) groups is 1. The van der Waals surface area contributed by atoms with Gasteiger partial charge in [-0.05, 0) is 49.1 Å². The van der Waals surface area contributed by atoms with Crippen LogP contribution in [0.3, 0.4) is 0 Å². The molecule has 4 rings (SSSR count). The lowest BCUT2D eigenvalue weighted by molar-refractivity contribution is -0.128. The van der Waals surface area contributed by atoms with Gasteiger partial charge in [-0.2, -0.15) is 0 Å². The molecule has 2 heterocycles. The molecule has 0 aliphatic carbocycles. The van der Waals surface area contributed by atoms with Crippen molar-refractivity contribution in [3.8, 4) is 5.75 Å². The molecule has 5 heteroatoms. The number of rotatable bonds is 7. The van der Waals surface area contributed by atoms with Crippen LogP contribution in [0.1, 0.15) is 35.8 Å². The average molecular weight is 383 g/mol. The van der Waals surface area contributed by atoms with Crippen LogP contribution in [0.5, 0.6) is 5.75 Å². The first-order valence-corrected chi connectivity index (χ1v) is 10.8. The number of nitrogens with zero attached hydrogens (tertiary/aromatic N) is 1. The van der Waals surface area contributed by atoms with Crippen LogP contribution < -0.4 is 10.1 Å². The van der Waals surface area contributed by atoms with Gasteiger partial charge in [0.15, 0.2) is 0 Å². The maximum atomic E-state index is 12.4. The number of nitrogens with one attached hydrogen (secondary N) is 1. The largest absolute Gasteiger partial charge is 0.489 e. The summed E-state index contributed by atoms with van der Waals surface area (Å²) in [4.78, 5) is 14.5. The number of amides is 1. The van der Waals surface area contributed by atoms with E-state index in [2.05, 4.69) is 29.6 Å². The minimum atomic E-state index is 0.0965. The average Bonchev–Trinajstić information content (AvgIpc) is 3.35. The van der Waals surface area contributed by atoms with Gasteiger partial charge in [0.05, 0.1) is 5.75 Å². The Morgan fingerprint density at radius 1 is 1.15 bits per heavy atom. The first-order chi connectivity index (χ1) is 13.3. The fourth-order valence-electron chi connectivity index (χ4n) is 3.77. The smallest absolute Gasteiger partial charge is 0.233 e. The van der Waals surface area contributed by atoms with Crippen LogP contribution >= 0.6 is 11.8 Å². The number of benzene rings is 2. The fraction of sp³-hybridized carbons (Fsp3) is 0.409. The molecule has 2 fully saturated rings. The van der Waals surface area contributed by atoms with Gasteiger partial charge in [0.2, 0.25) is 5.91 Å². The van der Waals surface area contributed by atoms with E-state index >= 15 is 0 Å². The van der Waals surface area contributed by atoms with E-state index in [1.54, 1.807) is 11.8 Å². The minimum Gasteiger partial charge on any atom is -0.489 e. The van der Waals surface area contributed by atoms with Crippen molar-refractivity contribution in [3.05, 3.63) is 65.7 Å². The molecule has 1 amide bonds. The van der Waals surface area contributed by atoms with Crippen molar-refractivity contribution in [3.63, 3.8) is 0 Å². The van der Waals surface area contributed by atoms with Crippen LogP contribution in [0.25, 0.3) is 0 Å². The summed E-state index contributed by atoms with van der Waals surface area (Å²) in [5.41, 5.74) is 2.30. The zero-order chi connectivity index (χ0) is 18.5. The lowest BCUT2D eigenvalue weighted by atomic mass is 10.1. The van der Waals surface area contributed by atoms with E-state index in [9.17, 15) is 4.79 Å². The molecule has 2 aromatic rings. The van der Waals surface area contributed by atoms with Gasteiger partial charge < -0.3 is 15.0 Å². The van der Waals surface area contributed by atoms with Gasteiger partial charge in [0.1, 0.15) is 17.7 Å². The molecule has 1 N–H and O–H groups in total. The third-order valence-electron chi connectivity index (χ3n) is 5.24. The van der Waals surface area contributed by atoms with Gasteiger partial charge in [-0.15, -0.1) is 11.8 Å². The highest BCUT2D eigenvalue weighted by Crippen LogP contribution is 2.39. The predicted octanol–water partition coefficient (Wildman–Crippen LogP) is 3.98. The predicted molar refractivity (Wildman–Crippen MR) is 110 cm³/mol. The Labute approximate surface area is 165 Å². The molecule has 0 spiro atoms. The number of carbonyl (C=O) groups excluding carboxylic acids is 1. The van der Waals surface area contributed by atoms with Crippen LogP contribution in [0.4, 0.5) is 0 Å². The first-order valence-electron chi connectivity index (χ1n) is 9.71. The number of hydrogen-bond acceptors (Lipinski definition) is 4. The molecule has 2 aliphatic heterocycles. The van der Waals surface area contributed by atoms with Gasteiger partial charge in [0, 0.05) is 12.6 Å². The van der Waals surface area contributed by atoms with Crippen molar-refractivity contribution in [2.45, 2.75) is 37.3 Å². The summed E-state index contributed by atoms with van der Waals surface area (Å²) >= 11 is 1.72. The third kappa shape index (κ3) is 4.66. The van der Waals surface area contributed by atoms with Crippen molar-refractivity contribution in [2.75, 3.05) is 18.8 Å². The molecular weight excluding hydrogens is 356 g/mol. The molecule has 0 radical (unpaired) electrons. The van der Waals surface area contributed by atoms with E-state index in [4.69, 9.17) is 4.74 Å². The highest BCUT2D eigenvalue weighted by Gasteiger charge is 2.33. The number of hydrogen-bond donors (Lipinski definition) is 1. The molecule has 2 aromatic carbocycles. The molecular formula is C22H26N2O2S. The van der Waals surface area contributed by atoms with Crippen molar-refractivity contribution in [1.82, 2.24) is 10.2 Å². The van der Waals surface area contributed by atoms with Crippen LogP contribution in [0, 0.1) is 0 Å². The SMILES string of the molecule is O=C1CSC(c2cccc(OCc3ccccc3)c2)N1CCC1CCCN1. The van der Waals surface area contributed by atoms with Crippen LogP contribution in [-0.2, 0) is 11.4 Å². The Balaban J connectivity index is 1.40. The normalized spacial score (nSPS) is 22.4. The van der Waals surface area contributed by atoms with Crippen LogP contribution in [0.15, 0.2) is 54.6 Å². The van der Waals surface area contributed by atoms with Crippen molar-refractivity contribution >= 4 is 17.7 Å². The van der Waals surface area contributed by atoms with E-state index in [1.165, 1.54) is 12.8 Å². The van der Waals surface area contributed by atoms with Crippen molar-refractivity contribution in [2.24, 2.45) is 0 Å². The second kappa shape index (κ2) is 8.81. The third-order valence-corrected chi connectivity index (χ3v) is 6.50. The van der Waals surface area contributed by atoms with E-state index in [0.29, 0.717) is 18.4 Å². The lowest BCUT2D eigenvalue weighted by Gasteiger charge is -2.26. The molecule has 2 saturated heterocycles. The Morgan fingerprint density at radius 2 is 2.04 bits per heavy atom. The molecule has 0 bridgehead atoms. The van der Waals surface area contributed by atoms with Gasteiger partial charge in [0.25, 0.3) is 0 Å². The summed E-state index contributed by atoms with van der Waals surface area (Å²) in [5, 5.41) is 3.62.